The van der Waals surface area contributed by atoms with Gasteiger partial charge in [-0.15, -0.1) is 0 Å². The molecule has 2 aliphatic heterocycles. The minimum absolute atomic E-state index is 0.579. The van der Waals surface area contributed by atoms with Crippen LogP contribution in [0.2, 0.25) is 0 Å². The molecule has 9 atom stereocenters. The van der Waals surface area contributed by atoms with Crippen molar-refractivity contribution >= 4 is 0 Å². The molecule has 0 aromatic carbocycles. The molecule has 2 saturated heterocycles. The summed E-state index contributed by atoms with van der Waals surface area (Å²) in [6, 6.07) is 0. The highest BCUT2D eigenvalue weighted by molar-refractivity contribution is 5.02. The van der Waals surface area contributed by atoms with E-state index in [-0.39, 0.29) is 0 Å². The fourth-order valence-electron chi connectivity index (χ4n) is 2.43. The van der Waals surface area contributed by atoms with Crippen LogP contribution >= 0.6 is 0 Å². The fraction of sp³-hybridized carbons (Fsp3) is 0.917. The van der Waals surface area contributed by atoms with E-state index in [4.69, 9.17) is 30.2 Å². The highest BCUT2D eigenvalue weighted by Gasteiger charge is 2.53. The smallest absolute Gasteiger partial charge is 0.189 e. The standard InChI is InChI=1S/C12H22NO10/c13-12(3-21-4(1-14)7(17)10(12)20)23-11-9(19)8(18)6(16)5(2-15)22-11/h3-11,14-20H,1-2,13H2/t4-,5-,6-,7-,8+,9-,10+,11?,12-/m1/s1. The summed E-state index contributed by atoms with van der Waals surface area (Å²) < 4.78 is 15.3. The third kappa shape index (κ3) is 3.50. The molecule has 1 radical (unpaired) electrons. The van der Waals surface area contributed by atoms with Crippen molar-refractivity contribution in [2.45, 2.75) is 54.7 Å². The van der Waals surface area contributed by atoms with E-state index in [9.17, 15) is 25.5 Å². The number of ether oxygens (including phenoxy) is 3. The second-order valence-corrected chi connectivity index (χ2v) is 5.58. The van der Waals surface area contributed by atoms with Gasteiger partial charge in [0.05, 0.1) is 13.2 Å². The number of rotatable bonds is 4. The summed E-state index contributed by atoms with van der Waals surface area (Å²) in [5.74, 6) is 0. The maximum absolute atomic E-state index is 10.0. The summed E-state index contributed by atoms with van der Waals surface area (Å²) in [4.78, 5) is 0. The van der Waals surface area contributed by atoms with Crippen LogP contribution in [0.15, 0.2) is 0 Å². The summed E-state index contributed by atoms with van der Waals surface area (Å²) in [7, 11) is 0. The first-order valence-electron chi connectivity index (χ1n) is 6.99. The molecule has 9 N–H and O–H groups in total. The van der Waals surface area contributed by atoms with Gasteiger partial charge in [-0.05, 0) is 0 Å². The van der Waals surface area contributed by atoms with Crippen LogP contribution in [0.5, 0.6) is 0 Å². The Balaban J connectivity index is 2.10. The zero-order chi connectivity index (χ0) is 17.4. The van der Waals surface area contributed by atoms with E-state index >= 15 is 0 Å². The second kappa shape index (κ2) is 7.21. The monoisotopic (exact) mass is 340 g/mol. The largest absolute Gasteiger partial charge is 0.394 e. The first kappa shape index (κ1) is 18.9. The predicted molar refractivity (Wildman–Crippen MR) is 70.0 cm³/mol. The molecule has 1 unspecified atom stereocenters. The molecule has 0 aliphatic carbocycles. The summed E-state index contributed by atoms with van der Waals surface area (Å²) >= 11 is 0. The van der Waals surface area contributed by atoms with Gasteiger partial charge in [0.25, 0.3) is 0 Å². The van der Waals surface area contributed by atoms with E-state index in [0.717, 1.165) is 6.61 Å². The Kier molecular flexibility index (Phi) is 5.92. The van der Waals surface area contributed by atoms with Gasteiger partial charge >= 0.3 is 0 Å². The van der Waals surface area contributed by atoms with Crippen molar-refractivity contribution in [2.24, 2.45) is 5.73 Å². The van der Waals surface area contributed by atoms with Crippen molar-refractivity contribution in [1.29, 1.82) is 0 Å². The van der Waals surface area contributed by atoms with Crippen LogP contribution in [0.4, 0.5) is 0 Å². The van der Waals surface area contributed by atoms with Crippen LogP contribution in [-0.4, -0.2) is 104 Å². The molecule has 2 aliphatic rings. The summed E-state index contributed by atoms with van der Waals surface area (Å²) in [6.07, 6.45) is -12.3. The van der Waals surface area contributed by atoms with E-state index in [1.165, 1.54) is 0 Å². The first-order chi connectivity index (χ1) is 10.7. The topological polar surface area (TPSA) is 195 Å². The van der Waals surface area contributed by atoms with E-state index in [1.54, 1.807) is 0 Å². The second-order valence-electron chi connectivity index (χ2n) is 5.58. The molecule has 2 fully saturated rings. The SMILES string of the molecule is N[C@@]1(OC2O[C@H](CO)[C@@H](O)[C@H](O)[C@H]2O)[CH]O[C@H](CO)[C@@H](O)[C@@H]1O. The van der Waals surface area contributed by atoms with E-state index in [0.29, 0.717) is 0 Å². The maximum Gasteiger partial charge on any atom is 0.189 e. The Hall–Kier alpha value is -0.440. The average Bonchev–Trinajstić information content (AvgIpc) is 2.54. The zero-order valence-corrected chi connectivity index (χ0v) is 12.0. The Morgan fingerprint density at radius 2 is 1.52 bits per heavy atom. The third-order valence-electron chi connectivity index (χ3n) is 3.94. The molecular formula is C12H22NO10. The Labute approximate surface area is 131 Å². The summed E-state index contributed by atoms with van der Waals surface area (Å²) in [5.41, 5.74) is 3.65. The van der Waals surface area contributed by atoms with Gasteiger partial charge in [-0.25, -0.2) is 0 Å². The van der Waals surface area contributed by atoms with Crippen molar-refractivity contribution in [2.75, 3.05) is 13.2 Å². The number of hydrogen-bond donors (Lipinski definition) is 8. The highest BCUT2D eigenvalue weighted by atomic mass is 16.7. The Morgan fingerprint density at radius 3 is 2.09 bits per heavy atom. The lowest BCUT2D eigenvalue weighted by atomic mass is 9.94. The van der Waals surface area contributed by atoms with Gasteiger partial charge in [-0.3, -0.25) is 5.73 Å². The first-order valence-corrected chi connectivity index (χ1v) is 6.99. The maximum atomic E-state index is 10.0. The third-order valence-corrected chi connectivity index (χ3v) is 3.94. The molecule has 0 saturated carbocycles. The van der Waals surface area contributed by atoms with Crippen LogP contribution in [0.3, 0.4) is 0 Å². The number of aliphatic hydroxyl groups is 7. The van der Waals surface area contributed by atoms with Crippen molar-refractivity contribution in [3.05, 3.63) is 6.61 Å². The predicted octanol–water partition coefficient (Wildman–Crippen LogP) is -5.27. The van der Waals surface area contributed by atoms with E-state index in [1.807, 2.05) is 0 Å². The molecule has 135 valence electrons. The van der Waals surface area contributed by atoms with E-state index in [2.05, 4.69) is 0 Å². The molecule has 2 heterocycles. The van der Waals surface area contributed by atoms with Crippen molar-refractivity contribution < 1.29 is 50.0 Å². The number of nitrogens with two attached hydrogens (primary N) is 1. The lowest BCUT2D eigenvalue weighted by Crippen LogP contribution is -2.69. The van der Waals surface area contributed by atoms with Gasteiger partial charge < -0.3 is 50.0 Å². The van der Waals surface area contributed by atoms with Crippen LogP contribution in [0, 0.1) is 6.61 Å². The van der Waals surface area contributed by atoms with Crippen LogP contribution < -0.4 is 5.73 Å². The average molecular weight is 340 g/mol. The Morgan fingerprint density at radius 1 is 0.913 bits per heavy atom. The zero-order valence-electron chi connectivity index (χ0n) is 12.0. The minimum atomic E-state index is -2.13. The summed E-state index contributed by atoms with van der Waals surface area (Å²) in [6.45, 7) is -0.419. The molecular weight excluding hydrogens is 318 g/mol. The lowest BCUT2D eigenvalue weighted by Gasteiger charge is -2.47. The molecule has 0 aromatic rings. The normalized spacial score (nSPS) is 51.7. The molecule has 0 aromatic heterocycles. The molecule has 0 spiro atoms. The number of aliphatic hydroxyl groups excluding tert-OH is 7. The van der Waals surface area contributed by atoms with Gasteiger partial charge in [0.15, 0.2) is 12.0 Å². The molecule has 2 rings (SSSR count). The van der Waals surface area contributed by atoms with Gasteiger partial charge in [0, 0.05) is 0 Å². The van der Waals surface area contributed by atoms with Gasteiger partial charge in [-0.1, -0.05) is 0 Å². The van der Waals surface area contributed by atoms with Crippen LogP contribution in [0.25, 0.3) is 0 Å². The van der Waals surface area contributed by atoms with Crippen LogP contribution in [-0.2, 0) is 14.2 Å². The van der Waals surface area contributed by atoms with Gasteiger partial charge in [0.2, 0.25) is 0 Å². The molecule has 23 heavy (non-hydrogen) atoms. The lowest BCUT2D eigenvalue weighted by molar-refractivity contribution is -0.348. The molecule has 0 bridgehead atoms. The highest BCUT2D eigenvalue weighted by Crippen LogP contribution is 2.31. The number of hydrogen-bond acceptors (Lipinski definition) is 11. The quantitative estimate of drug-likeness (QED) is 0.228. The summed E-state index contributed by atoms with van der Waals surface area (Å²) in [5, 5.41) is 67.2. The fourth-order valence-corrected chi connectivity index (χ4v) is 2.43. The molecule has 11 nitrogen and oxygen atoms in total. The molecule has 11 heteroatoms. The van der Waals surface area contributed by atoms with Gasteiger partial charge in [0.1, 0.15) is 49.3 Å². The Bertz CT molecular complexity index is 398. The van der Waals surface area contributed by atoms with Crippen molar-refractivity contribution in [3.8, 4) is 0 Å². The minimum Gasteiger partial charge on any atom is -0.394 e. The molecule has 0 amide bonds. The van der Waals surface area contributed by atoms with E-state index < -0.39 is 68.0 Å². The van der Waals surface area contributed by atoms with Crippen molar-refractivity contribution in [3.63, 3.8) is 0 Å². The van der Waals surface area contributed by atoms with Crippen LogP contribution in [0.1, 0.15) is 0 Å². The van der Waals surface area contributed by atoms with Crippen molar-refractivity contribution in [1.82, 2.24) is 0 Å². The van der Waals surface area contributed by atoms with Gasteiger partial charge in [-0.2, -0.15) is 0 Å².